The van der Waals surface area contributed by atoms with Gasteiger partial charge in [-0.2, -0.15) is 0 Å². The summed E-state index contributed by atoms with van der Waals surface area (Å²) in [7, 11) is 1.48. The Morgan fingerprint density at radius 1 is 1.08 bits per heavy atom. The number of benzene rings is 2. The molecule has 0 spiro atoms. The Hall–Kier alpha value is -4.51. The van der Waals surface area contributed by atoms with Crippen molar-refractivity contribution in [1.82, 2.24) is 15.3 Å². The third-order valence-electron chi connectivity index (χ3n) is 6.06. The van der Waals surface area contributed by atoms with Gasteiger partial charge in [0.1, 0.15) is 17.8 Å². The van der Waals surface area contributed by atoms with Crippen molar-refractivity contribution in [2.24, 2.45) is 0 Å². The third-order valence-corrected chi connectivity index (χ3v) is 6.06. The van der Waals surface area contributed by atoms with E-state index in [2.05, 4.69) is 15.3 Å². The molecule has 2 atom stereocenters. The summed E-state index contributed by atoms with van der Waals surface area (Å²) < 4.78 is 11.4. The number of nitrogens with one attached hydrogen (secondary N) is 1. The van der Waals surface area contributed by atoms with Gasteiger partial charge >= 0.3 is 17.9 Å². The molecule has 0 saturated carbocycles. The van der Waals surface area contributed by atoms with Crippen molar-refractivity contribution >= 4 is 23.5 Å². The molecule has 2 aromatic carbocycles. The van der Waals surface area contributed by atoms with Crippen LogP contribution in [0, 0.1) is 13.8 Å². The molecule has 11 nitrogen and oxygen atoms in total. The number of rotatable bonds is 8. The second-order valence-corrected chi connectivity index (χ2v) is 8.55. The fourth-order valence-corrected chi connectivity index (χ4v) is 4.58. The number of carboxylic acid groups (broad SMARTS) is 2. The molecule has 0 unspecified atom stereocenters. The number of carbonyl (C=O) groups is 3. The number of para-hydroxylation sites is 1. The fraction of sp³-hybridized carbons (Fsp3) is 0.269. The van der Waals surface area contributed by atoms with Crippen molar-refractivity contribution in [1.29, 1.82) is 0 Å². The number of carbonyl (C=O) groups excluding carboxylic acids is 1. The van der Waals surface area contributed by atoms with Crippen LogP contribution in [0.3, 0.4) is 0 Å². The highest BCUT2D eigenvalue weighted by atomic mass is 16.5. The van der Waals surface area contributed by atoms with Crippen molar-refractivity contribution in [3.8, 4) is 11.8 Å². The van der Waals surface area contributed by atoms with Crippen LogP contribution in [-0.2, 0) is 19.9 Å². The number of aliphatic carboxylic acids is 2. The van der Waals surface area contributed by atoms with E-state index in [1.807, 2.05) is 0 Å². The molecule has 3 N–H and O–H groups in total. The lowest BCUT2D eigenvalue weighted by Crippen LogP contribution is -2.58. The number of anilines is 1. The smallest absolute Gasteiger partial charge is 0.347 e. The minimum Gasteiger partial charge on any atom is -0.497 e. The molecule has 37 heavy (non-hydrogen) atoms. The summed E-state index contributed by atoms with van der Waals surface area (Å²) in [6.07, 6.45) is -1.68. The molecule has 0 aliphatic carbocycles. The van der Waals surface area contributed by atoms with E-state index in [9.17, 15) is 24.6 Å². The number of carboxylic acids is 2. The topological polar surface area (TPSA) is 151 Å². The van der Waals surface area contributed by atoms with Crippen LogP contribution in [0.5, 0.6) is 11.8 Å². The Balaban J connectivity index is 2.02. The maximum atomic E-state index is 13.2. The minimum absolute atomic E-state index is 0.149. The summed E-state index contributed by atoms with van der Waals surface area (Å²) in [4.78, 5) is 47.3. The number of nitrogens with zero attached hydrogens (tertiary/aromatic N) is 3. The summed E-state index contributed by atoms with van der Waals surface area (Å²) in [5.41, 5.74) is 0.464. The summed E-state index contributed by atoms with van der Waals surface area (Å²) in [6, 6.07) is 14.8. The highest BCUT2D eigenvalue weighted by Gasteiger charge is 2.52. The molecule has 0 fully saturated rings. The lowest BCUT2D eigenvalue weighted by molar-refractivity contribution is -0.149. The van der Waals surface area contributed by atoms with Crippen LogP contribution in [-0.4, -0.2) is 64.3 Å². The van der Waals surface area contributed by atoms with Gasteiger partial charge in [0.2, 0.25) is 12.0 Å². The van der Waals surface area contributed by atoms with Gasteiger partial charge in [-0.05, 0) is 43.7 Å². The monoisotopic (exact) mass is 506 g/mol. The second kappa shape index (κ2) is 10.2. The lowest BCUT2D eigenvalue weighted by atomic mass is 9.77. The molecule has 1 aliphatic rings. The van der Waals surface area contributed by atoms with E-state index in [0.717, 1.165) is 4.90 Å². The van der Waals surface area contributed by atoms with Crippen LogP contribution in [0.15, 0.2) is 54.6 Å². The Morgan fingerprint density at radius 2 is 1.78 bits per heavy atom. The highest BCUT2D eigenvalue weighted by molar-refractivity contribution is 6.00. The number of aryl methyl sites for hydroxylation is 2. The summed E-state index contributed by atoms with van der Waals surface area (Å²) in [6.45, 7) is 2.48. The quantitative estimate of drug-likeness (QED) is 0.413. The largest absolute Gasteiger partial charge is 0.497 e. The number of amides is 1. The van der Waals surface area contributed by atoms with E-state index < -0.39 is 36.0 Å². The molecular weight excluding hydrogens is 480 g/mol. The molecule has 4 rings (SSSR count). The van der Waals surface area contributed by atoms with Gasteiger partial charge < -0.3 is 19.7 Å². The van der Waals surface area contributed by atoms with Gasteiger partial charge in [-0.3, -0.25) is 19.8 Å². The Kier molecular flexibility index (Phi) is 7.07. The van der Waals surface area contributed by atoms with Crippen LogP contribution in [0.4, 0.5) is 5.69 Å². The normalized spacial score (nSPS) is 17.9. The first kappa shape index (κ1) is 25.6. The molecule has 2 heterocycles. The van der Waals surface area contributed by atoms with Crippen LogP contribution < -0.4 is 19.7 Å². The highest BCUT2D eigenvalue weighted by Crippen LogP contribution is 2.42. The van der Waals surface area contributed by atoms with E-state index in [0.29, 0.717) is 28.3 Å². The van der Waals surface area contributed by atoms with Gasteiger partial charge in [0.15, 0.2) is 0 Å². The number of hydrogen-bond acceptors (Lipinski definition) is 8. The molecule has 192 valence electrons. The van der Waals surface area contributed by atoms with Crippen LogP contribution in [0.1, 0.15) is 22.5 Å². The van der Waals surface area contributed by atoms with Gasteiger partial charge in [0.25, 0.3) is 0 Å². The Morgan fingerprint density at radius 3 is 2.43 bits per heavy atom. The molecule has 3 aromatic rings. The first-order chi connectivity index (χ1) is 17.6. The number of ether oxygens (including phenoxy) is 2. The lowest BCUT2D eigenvalue weighted by Gasteiger charge is -2.39. The van der Waals surface area contributed by atoms with Crippen molar-refractivity contribution in [2.75, 3.05) is 25.1 Å². The van der Waals surface area contributed by atoms with Crippen molar-refractivity contribution in [2.45, 2.75) is 25.5 Å². The summed E-state index contributed by atoms with van der Waals surface area (Å²) >= 11 is 0. The maximum absolute atomic E-state index is 13.2. The van der Waals surface area contributed by atoms with Gasteiger partial charge in [0.05, 0.1) is 13.7 Å². The summed E-state index contributed by atoms with van der Waals surface area (Å²) in [5, 5.41) is 23.1. The zero-order valence-electron chi connectivity index (χ0n) is 20.5. The first-order valence-corrected chi connectivity index (χ1v) is 11.4. The van der Waals surface area contributed by atoms with Crippen LogP contribution >= 0.6 is 0 Å². The van der Waals surface area contributed by atoms with Gasteiger partial charge in [-0.1, -0.05) is 30.3 Å². The molecular formula is C26H26N4O7. The standard InChI is InChI=1S/C26H26N4O7/c1-15-11-16(2)29-25(28-15)37-23(24(34)35)26(17-7-6-8-18(12-17)36-3)19-9-4-5-10-20(19)30(14-22(32)33)21(31)13-27-26/h4-12,23,27H,13-14H2,1-3H3,(H,32,33)(H,34,35)/t23-,26+/m1/s1. The molecule has 0 saturated heterocycles. The predicted octanol–water partition coefficient (Wildman–Crippen LogP) is 1.90. The van der Waals surface area contributed by atoms with Gasteiger partial charge in [0, 0.05) is 22.6 Å². The van der Waals surface area contributed by atoms with E-state index in [1.54, 1.807) is 68.4 Å². The first-order valence-electron chi connectivity index (χ1n) is 11.4. The number of methoxy groups -OCH3 is 1. The second-order valence-electron chi connectivity index (χ2n) is 8.55. The van der Waals surface area contributed by atoms with Crippen LogP contribution in [0.2, 0.25) is 0 Å². The Bertz CT molecular complexity index is 1340. The van der Waals surface area contributed by atoms with Gasteiger partial charge in [-0.25, -0.2) is 14.8 Å². The van der Waals surface area contributed by atoms with E-state index in [-0.39, 0.29) is 18.2 Å². The van der Waals surface area contributed by atoms with Crippen molar-refractivity contribution in [3.63, 3.8) is 0 Å². The van der Waals surface area contributed by atoms with Crippen LogP contribution in [0.25, 0.3) is 0 Å². The SMILES string of the molecule is COc1cccc([C@]2([C@H](Oc3nc(C)cc(C)n3)C(=O)O)NCC(=O)N(CC(=O)O)c3ccccc32)c1. The van der Waals surface area contributed by atoms with Crippen molar-refractivity contribution in [3.05, 3.63) is 77.1 Å². The number of aromatic nitrogens is 2. The fourth-order valence-electron chi connectivity index (χ4n) is 4.58. The number of hydrogen-bond donors (Lipinski definition) is 3. The third kappa shape index (κ3) is 4.94. The zero-order valence-corrected chi connectivity index (χ0v) is 20.5. The van der Waals surface area contributed by atoms with E-state index >= 15 is 0 Å². The van der Waals surface area contributed by atoms with Crippen molar-refractivity contribution < 1.29 is 34.1 Å². The molecule has 0 radical (unpaired) electrons. The molecule has 11 heteroatoms. The summed E-state index contributed by atoms with van der Waals surface area (Å²) in [5.74, 6) is -2.67. The molecule has 1 amide bonds. The molecule has 1 aromatic heterocycles. The maximum Gasteiger partial charge on any atom is 0.347 e. The molecule has 1 aliphatic heterocycles. The van der Waals surface area contributed by atoms with E-state index in [4.69, 9.17) is 9.47 Å². The number of fused-ring (bicyclic) bond motifs is 1. The average molecular weight is 507 g/mol. The average Bonchev–Trinajstić information content (AvgIpc) is 2.97. The minimum atomic E-state index is -1.68. The zero-order chi connectivity index (χ0) is 26.7. The van der Waals surface area contributed by atoms with Gasteiger partial charge in [-0.15, -0.1) is 0 Å². The molecule has 0 bridgehead atoms. The van der Waals surface area contributed by atoms with E-state index in [1.165, 1.54) is 7.11 Å². The predicted molar refractivity (Wildman–Crippen MR) is 132 cm³/mol. The Labute approximate surface area is 212 Å².